The third-order valence-electron chi connectivity index (χ3n) is 2.60. The van der Waals surface area contributed by atoms with Crippen molar-refractivity contribution in [3.05, 3.63) is 59.6 Å². The van der Waals surface area contributed by atoms with Gasteiger partial charge in [-0.1, -0.05) is 11.6 Å². The highest BCUT2D eigenvalue weighted by atomic mass is 35.5. The van der Waals surface area contributed by atoms with Crippen LogP contribution in [0.15, 0.2) is 48.9 Å². The summed E-state index contributed by atoms with van der Waals surface area (Å²) in [5.74, 6) is 0.713. The summed E-state index contributed by atoms with van der Waals surface area (Å²) in [6, 6.07) is 9.47. The number of fused-ring (bicyclic) bond motifs is 1. The lowest BCUT2D eigenvalue weighted by atomic mass is 10.3. The third kappa shape index (κ3) is 2.28. The van der Waals surface area contributed by atoms with E-state index < -0.39 is 0 Å². The summed E-state index contributed by atoms with van der Waals surface area (Å²) in [5.41, 5.74) is 1.97. The maximum atomic E-state index is 5.83. The number of rotatable bonds is 3. The first-order valence-corrected chi connectivity index (χ1v) is 5.97. The SMILES string of the molecule is Clc1ccc(NCc2cn3cccnc3n2)cc1. The highest BCUT2D eigenvalue weighted by molar-refractivity contribution is 6.30. The van der Waals surface area contributed by atoms with E-state index in [9.17, 15) is 0 Å². The molecular formula is C13H11ClN4. The molecule has 0 amide bonds. The minimum absolute atomic E-state index is 0.658. The summed E-state index contributed by atoms with van der Waals surface area (Å²) < 4.78 is 1.90. The highest BCUT2D eigenvalue weighted by Crippen LogP contribution is 2.14. The van der Waals surface area contributed by atoms with Gasteiger partial charge >= 0.3 is 0 Å². The van der Waals surface area contributed by atoms with Crippen LogP contribution >= 0.6 is 11.6 Å². The van der Waals surface area contributed by atoms with Crippen LogP contribution in [0.5, 0.6) is 0 Å². The van der Waals surface area contributed by atoms with E-state index in [1.165, 1.54) is 0 Å². The predicted molar refractivity (Wildman–Crippen MR) is 71.8 cm³/mol. The summed E-state index contributed by atoms with van der Waals surface area (Å²) >= 11 is 5.83. The Balaban J connectivity index is 1.74. The third-order valence-corrected chi connectivity index (χ3v) is 2.86. The Bertz CT molecular complexity index is 627. The van der Waals surface area contributed by atoms with E-state index in [1.54, 1.807) is 6.20 Å². The molecule has 4 nitrogen and oxygen atoms in total. The maximum Gasteiger partial charge on any atom is 0.233 e. The molecule has 0 spiro atoms. The first-order valence-electron chi connectivity index (χ1n) is 5.59. The van der Waals surface area contributed by atoms with Gasteiger partial charge < -0.3 is 5.32 Å². The molecule has 0 fully saturated rings. The fourth-order valence-corrected chi connectivity index (χ4v) is 1.85. The molecule has 0 saturated heterocycles. The van der Waals surface area contributed by atoms with Crippen molar-refractivity contribution in [3.8, 4) is 0 Å². The molecule has 0 aliphatic rings. The van der Waals surface area contributed by atoms with Gasteiger partial charge in [0.15, 0.2) is 0 Å². The zero-order valence-corrected chi connectivity index (χ0v) is 10.3. The molecule has 0 saturated carbocycles. The number of hydrogen-bond acceptors (Lipinski definition) is 3. The Kier molecular flexibility index (Phi) is 2.86. The molecule has 2 heterocycles. The van der Waals surface area contributed by atoms with Crippen LogP contribution in [-0.2, 0) is 6.54 Å². The number of nitrogens with zero attached hydrogens (tertiary/aromatic N) is 3. The molecule has 18 heavy (non-hydrogen) atoms. The molecule has 3 aromatic rings. The quantitative estimate of drug-likeness (QED) is 0.785. The topological polar surface area (TPSA) is 42.2 Å². The standard InChI is InChI=1S/C13H11ClN4/c14-10-2-4-11(5-3-10)16-8-12-9-18-7-1-6-15-13(18)17-12/h1-7,9,16H,8H2. The predicted octanol–water partition coefficient (Wildman–Crippen LogP) is 2.99. The second kappa shape index (κ2) is 4.66. The zero-order chi connectivity index (χ0) is 12.4. The molecule has 5 heteroatoms. The smallest absolute Gasteiger partial charge is 0.233 e. The summed E-state index contributed by atoms with van der Waals surface area (Å²) in [5, 5.41) is 4.02. The maximum absolute atomic E-state index is 5.83. The average Bonchev–Trinajstić information content (AvgIpc) is 2.81. The number of hydrogen-bond donors (Lipinski definition) is 1. The van der Waals surface area contributed by atoms with Crippen LogP contribution in [-0.4, -0.2) is 14.4 Å². The Morgan fingerprint density at radius 3 is 2.83 bits per heavy atom. The van der Waals surface area contributed by atoms with Crippen molar-refractivity contribution in [1.29, 1.82) is 0 Å². The lowest BCUT2D eigenvalue weighted by Gasteiger charge is -2.03. The van der Waals surface area contributed by atoms with Gasteiger partial charge in [0, 0.05) is 29.3 Å². The molecule has 0 bridgehead atoms. The molecule has 0 atom stereocenters. The minimum atomic E-state index is 0.658. The second-order valence-electron chi connectivity index (χ2n) is 3.92. The van der Waals surface area contributed by atoms with E-state index in [-0.39, 0.29) is 0 Å². The number of nitrogens with one attached hydrogen (secondary N) is 1. The minimum Gasteiger partial charge on any atom is -0.379 e. The lowest BCUT2D eigenvalue weighted by molar-refractivity contribution is 1.08. The molecule has 90 valence electrons. The van der Waals surface area contributed by atoms with Crippen LogP contribution < -0.4 is 5.32 Å². The van der Waals surface area contributed by atoms with E-state index in [1.807, 2.05) is 47.1 Å². The number of aromatic nitrogens is 3. The van der Waals surface area contributed by atoms with Crippen LogP contribution in [0, 0.1) is 0 Å². The molecule has 1 N–H and O–H groups in total. The van der Waals surface area contributed by atoms with Crippen LogP contribution in [0.3, 0.4) is 0 Å². The van der Waals surface area contributed by atoms with E-state index >= 15 is 0 Å². The lowest BCUT2D eigenvalue weighted by Crippen LogP contribution is -1.99. The number of anilines is 1. The normalized spacial score (nSPS) is 10.7. The monoisotopic (exact) mass is 258 g/mol. The van der Waals surface area contributed by atoms with Gasteiger partial charge in [0.2, 0.25) is 5.78 Å². The van der Waals surface area contributed by atoms with Gasteiger partial charge in [0.1, 0.15) is 0 Å². The van der Waals surface area contributed by atoms with E-state index in [4.69, 9.17) is 11.6 Å². The Morgan fingerprint density at radius 2 is 2.06 bits per heavy atom. The summed E-state index contributed by atoms with van der Waals surface area (Å²) in [7, 11) is 0. The van der Waals surface area contributed by atoms with Crippen molar-refractivity contribution in [2.75, 3.05) is 5.32 Å². The van der Waals surface area contributed by atoms with E-state index in [0.29, 0.717) is 12.3 Å². The van der Waals surface area contributed by atoms with Gasteiger partial charge in [-0.3, -0.25) is 4.40 Å². The second-order valence-corrected chi connectivity index (χ2v) is 4.36. The summed E-state index contributed by atoms with van der Waals surface area (Å²) in [6.07, 6.45) is 5.63. The van der Waals surface area contributed by atoms with Gasteiger partial charge in [-0.25, -0.2) is 9.97 Å². The van der Waals surface area contributed by atoms with Crippen LogP contribution in [0.1, 0.15) is 5.69 Å². The molecular weight excluding hydrogens is 248 g/mol. The highest BCUT2D eigenvalue weighted by Gasteiger charge is 2.01. The number of benzene rings is 1. The Morgan fingerprint density at radius 1 is 1.22 bits per heavy atom. The summed E-state index contributed by atoms with van der Waals surface area (Å²) in [4.78, 5) is 8.58. The average molecular weight is 259 g/mol. The van der Waals surface area contributed by atoms with E-state index in [0.717, 1.165) is 16.4 Å². The van der Waals surface area contributed by atoms with Crippen molar-refractivity contribution >= 4 is 23.1 Å². The van der Waals surface area contributed by atoms with Crippen molar-refractivity contribution in [1.82, 2.24) is 14.4 Å². The molecule has 0 radical (unpaired) electrons. The van der Waals surface area contributed by atoms with Gasteiger partial charge in [-0.2, -0.15) is 0 Å². The van der Waals surface area contributed by atoms with Crippen molar-refractivity contribution < 1.29 is 0 Å². The molecule has 1 aromatic carbocycles. The largest absolute Gasteiger partial charge is 0.379 e. The van der Waals surface area contributed by atoms with Gasteiger partial charge in [-0.15, -0.1) is 0 Å². The molecule has 0 aliphatic carbocycles. The van der Waals surface area contributed by atoms with Gasteiger partial charge in [-0.05, 0) is 30.3 Å². The van der Waals surface area contributed by atoms with Crippen molar-refractivity contribution in [2.24, 2.45) is 0 Å². The van der Waals surface area contributed by atoms with Crippen molar-refractivity contribution in [2.45, 2.75) is 6.54 Å². The van der Waals surface area contributed by atoms with Gasteiger partial charge in [0.25, 0.3) is 0 Å². The fourth-order valence-electron chi connectivity index (χ4n) is 1.73. The Hall–Kier alpha value is -2.07. The van der Waals surface area contributed by atoms with Crippen molar-refractivity contribution in [3.63, 3.8) is 0 Å². The fraction of sp³-hybridized carbons (Fsp3) is 0.0769. The van der Waals surface area contributed by atoms with Gasteiger partial charge in [0.05, 0.1) is 12.2 Å². The molecule has 0 unspecified atom stereocenters. The first-order chi connectivity index (χ1) is 8.81. The molecule has 2 aromatic heterocycles. The molecule has 0 aliphatic heterocycles. The first kappa shape index (κ1) is 11.0. The Labute approximate surface area is 109 Å². The van der Waals surface area contributed by atoms with Crippen LogP contribution in [0.2, 0.25) is 5.02 Å². The van der Waals surface area contributed by atoms with E-state index in [2.05, 4.69) is 15.3 Å². The summed E-state index contributed by atoms with van der Waals surface area (Å²) in [6.45, 7) is 0.658. The molecule has 3 rings (SSSR count). The zero-order valence-electron chi connectivity index (χ0n) is 9.55. The number of imidazole rings is 1. The van der Waals surface area contributed by atoms with Crippen LogP contribution in [0.4, 0.5) is 5.69 Å². The number of halogens is 1. The van der Waals surface area contributed by atoms with Crippen LogP contribution in [0.25, 0.3) is 5.78 Å².